The maximum absolute atomic E-state index is 13.1. The van der Waals surface area contributed by atoms with Gasteiger partial charge in [-0.15, -0.1) is 0 Å². The Kier molecular flexibility index (Phi) is 5.41. The molecule has 0 saturated carbocycles. The Labute approximate surface area is 159 Å². The van der Waals surface area contributed by atoms with Crippen molar-refractivity contribution in [3.05, 3.63) is 53.6 Å². The Morgan fingerprint density at radius 3 is 2.48 bits per heavy atom. The average Bonchev–Trinajstić information content (AvgIpc) is 3.16. The molecule has 7 heteroatoms. The molecule has 1 aliphatic rings. The van der Waals surface area contributed by atoms with Crippen LogP contribution in [0.5, 0.6) is 11.5 Å². The molecule has 6 nitrogen and oxygen atoms in total. The molecule has 0 radical (unpaired) electrons. The summed E-state index contributed by atoms with van der Waals surface area (Å²) in [5.41, 5.74) is 1.35. The zero-order chi connectivity index (χ0) is 19.6. The molecule has 0 N–H and O–H groups in total. The molecule has 1 fully saturated rings. The summed E-state index contributed by atoms with van der Waals surface area (Å²) < 4.78 is 34.2. The smallest absolute Gasteiger partial charge is 0.254 e. The standard InChI is InChI=1S/C20H23NO5S/c1-25-18-10-9-14(13-19(18)26-2)17-8-5-11-21(17)20(22)15-6-4-7-16(12-15)27(3,23)24/h4,6-7,9-10,12-13,17H,5,8,11H2,1-3H3. The fourth-order valence-electron chi connectivity index (χ4n) is 3.44. The maximum atomic E-state index is 13.1. The summed E-state index contributed by atoms with van der Waals surface area (Å²) in [6, 6.07) is 11.8. The maximum Gasteiger partial charge on any atom is 0.254 e. The molecule has 1 aliphatic heterocycles. The Morgan fingerprint density at radius 2 is 1.81 bits per heavy atom. The summed E-state index contributed by atoms with van der Waals surface area (Å²) in [5, 5.41) is 0. The molecule has 2 aromatic rings. The molecule has 1 heterocycles. The molecule has 1 unspecified atom stereocenters. The lowest BCUT2D eigenvalue weighted by Crippen LogP contribution is -2.30. The third kappa shape index (κ3) is 3.93. The average molecular weight is 389 g/mol. The van der Waals surface area contributed by atoms with Gasteiger partial charge in [-0.05, 0) is 48.7 Å². The molecular weight excluding hydrogens is 366 g/mol. The van der Waals surface area contributed by atoms with Crippen LogP contribution in [0.3, 0.4) is 0 Å². The first-order valence-corrected chi connectivity index (χ1v) is 10.6. The van der Waals surface area contributed by atoms with Gasteiger partial charge in [-0.1, -0.05) is 12.1 Å². The van der Waals surface area contributed by atoms with Crippen LogP contribution in [-0.2, 0) is 9.84 Å². The monoisotopic (exact) mass is 389 g/mol. The number of benzene rings is 2. The van der Waals surface area contributed by atoms with Crippen molar-refractivity contribution < 1.29 is 22.7 Å². The lowest BCUT2D eigenvalue weighted by molar-refractivity contribution is 0.0735. The van der Waals surface area contributed by atoms with E-state index in [1.165, 1.54) is 12.1 Å². The quantitative estimate of drug-likeness (QED) is 0.786. The predicted molar refractivity (Wildman–Crippen MR) is 102 cm³/mol. The number of likely N-dealkylation sites (tertiary alicyclic amines) is 1. The van der Waals surface area contributed by atoms with Crippen LogP contribution >= 0.6 is 0 Å². The molecule has 0 aliphatic carbocycles. The van der Waals surface area contributed by atoms with E-state index in [4.69, 9.17) is 9.47 Å². The van der Waals surface area contributed by atoms with Crippen LogP contribution in [0.2, 0.25) is 0 Å². The number of carbonyl (C=O) groups is 1. The number of sulfone groups is 1. The van der Waals surface area contributed by atoms with Crippen molar-refractivity contribution >= 4 is 15.7 Å². The van der Waals surface area contributed by atoms with Crippen LogP contribution in [0.25, 0.3) is 0 Å². The first-order chi connectivity index (χ1) is 12.8. The van der Waals surface area contributed by atoms with Crippen LogP contribution in [-0.4, -0.2) is 46.2 Å². The van der Waals surface area contributed by atoms with E-state index in [1.54, 1.807) is 31.3 Å². The fraction of sp³-hybridized carbons (Fsp3) is 0.350. The van der Waals surface area contributed by atoms with Gasteiger partial charge >= 0.3 is 0 Å². The topological polar surface area (TPSA) is 72.9 Å². The number of rotatable bonds is 5. The van der Waals surface area contributed by atoms with Gasteiger partial charge in [0, 0.05) is 18.4 Å². The summed E-state index contributed by atoms with van der Waals surface area (Å²) in [4.78, 5) is 15.0. The fourth-order valence-corrected chi connectivity index (χ4v) is 4.11. The first-order valence-electron chi connectivity index (χ1n) is 8.68. The molecule has 27 heavy (non-hydrogen) atoms. The third-order valence-electron chi connectivity index (χ3n) is 4.82. The number of amides is 1. The summed E-state index contributed by atoms with van der Waals surface area (Å²) in [6.45, 7) is 0.626. The van der Waals surface area contributed by atoms with Gasteiger partial charge in [-0.25, -0.2) is 8.42 Å². The van der Waals surface area contributed by atoms with Gasteiger partial charge in [-0.2, -0.15) is 0 Å². The highest BCUT2D eigenvalue weighted by Gasteiger charge is 2.31. The Balaban J connectivity index is 1.92. The van der Waals surface area contributed by atoms with E-state index in [9.17, 15) is 13.2 Å². The largest absolute Gasteiger partial charge is 0.493 e. The SMILES string of the molecule is COc1ccc(C2CCCN2C(=O)c2cccc(S(C)(=O)=O)c2)cc1OC. The number of methoxy groups -OCH3 is 2. The lowest BCUT2D eigenvalue weighted by Gasteiger charge is -2.26. The van der Waals surface area contributed by atoms with Crippen molar-refractivity contribution in [1.29, 1.82) is 0 Å². The predicted octanol–water partition coefficient (Wildman–Crippen LogP) is 3.08. The van der Waals surface area contributed by atoms with E-state index >= 15 is 0 Å². The van der Waals surface area contributed by atoms with Crippen molar-refractivity contribution in [2.24, 2.45) is 0 Å². The molecule has 1 atom stereocenters. The van der Waals surface area contributed by atoms with E-state index < -0.39 is 9.84 Å². The number of hydrogen-bond donors (Lipinski definition) is 0. The molecule has 1 amide bonds. The Bertz CT molecular complexity index is 955. The summed E-state index contributed by atoms with van der Waals surface area (Å²) in [7, 11) is -0.206. The highest BCUT2D eigenvalue weighted by atomic mass is 32.2. The van der Waals surface area contributed by atoms with Crippen molar-refractivity contribution in [2.75, 3.05) is 27.0 Å². The molecule has 2 aromatic carbocycles. The summed E-state index contributed by atoms with van der Waals surface area (Å²) >= 11 is 0. The molecule has 144 valence electrons. The molecule has 3 rings (SSSR count). The van der Waals surface area contributed by atoms with Crippen LogP contribution in [0.4, 0.5) is 0 Å². The van der Waals surface area contributed by atoms with E-state index in [1.807, 2.05) is 18.2 Å². The Hall–Kier alpha value is -2.54. The molecule has 1 saturated heterocycles. The number of hydrogen-bond acceptors (Lipinski definition) is 5. The van der Waals surface area contributed by atoms with Crippen molar-refractivity contribution in [2.45, 2.75) is 23.8 Å². The van der Waals surface area contributed by atoms with E-state index in [-0.39, 0.29) is 16.8 Å². The molecule has 0 bridgehead atoms. The van der Waals surface area contributed by atoms with Gasteiger partial charge in [0.05, 0.1) is 25.2 Å². The minimum Gasteiger partial charge on any atom is -0.493 e. The van der Waals surface area contributed by atoms with Gasteiger partial charge in [0.2, 0.25) is 0 Å². The minimum atomic E-state index is -3.37. The third-order valence-corrected chi connectivity index (χ3v) is 5.93. The summed E-state index contributed by atoms with van der Waals surface area (Å²) in [6.07, 6.45) is 2.86. The van der Waals surface area contributed by atoms with E-state index in [2.05, 4.69) is 0 Å². The van der Waals surface area contributed by atoms with Crippen molar-refractivity contribution in [3.8, 4) is 11.5 Å². The number of ether oxygens (including phenoxy) is 2. The van der Waals surface area contributed by atoms with Crippen LogP contribution in [0, 0.1) is 0 Å². The van der Waals surface area contributed by atoms with Crippen molar-refractivity contribution in [1.82, 2.24) is 4.90 Å². The zero-order valence-electron chi connectivity index (χ0n) is 15.6. The second-order valence-corrected chi connectivity index (χ2v) is 8.59. The first kappa shape index (κ1) is 19.2. The summed E-state index contributed by atoms with van der Waals surface area (Å²) in [5.74, 6) is 1.09. The normalized spacial score (nSPS) is 17.0. The van der Waals surface area contributed by atoms with Crippen LogP contribution in [0.15, 0.2) is 47.4 Å². The second kappa shape index (κ2) is 7.60. The van der Waals surface area contributed by atoms with Gasteiger partial charge in [-0.3, -0.25) is 4.79 Å². The van der Waals surface area contributed by atoms with E-state index in [0.29, 0.717) is 23.6 Å². The van der Waals surface area contributed by atoms with Gasteiger partial charge in [0.1, 0.15) is 0 Å². The van der Waals surface area contributed by atoms with Gasteiger partial charge in [0.25, 0.3) is 5.91 Å². The highest BCUT2D eigenvalue weighted by Crippen LogP contribution is 2.37. The number of nitrogens with zero attached hydrogens (tertiary/aromatic N) is 1. The van der Waals surface area contributed by atoms with Gasteiger partial charge < -0.3 is 14.4 Å². The van der Waals surface area contributed by atoms with Crippen molar-refractivity contribution in [3.63, 3.8) is 0 Å². The minimum absolute atomic E-state index is 0.0841. The zero-order valence-corrected chi connectivity index (χ0v) is 16.5. The number of carbonyl (C=O) groups excluding carboxylic acids is 1. The van der Waals surface area contributed by atoms with E-state index in [0.717, 1.165) is 24.7 Å². The lowest BCUT2D eigenvalue weighted by atomic mass is 10.0. The van der Waals surface area contributed by atoms with Crippen LogP contribution < -0.4 is 9.47 Å². The molecular formula is C20H23NO5S. The second-order valence-electron chi connectivity index (χ2n) is 6.57. The molecule has 0 spiro atoms. The molecule has 0 aromatic heterocycles. The van der Waals surface area contributed by atoms with Crippen LogP contribution in [0.1, 0.15) is 34.8 Å². The highest BCUT2D eigenvalue weighted by molar-refractivity contribution is 7.90. The Morgan fingerprint density at radius 1 is 1.07 bits per heavy atom. The van der Waals surface area contributed by atoms with Gasteiger partial charge in [0.15, 0.2) is 21.3 Å².